The van der Waals surface area contributed by atoms with Crippen LogP contribution in [0.1, 0.15) is 25.7 Å². The molecule has 4 aromatic rings. The van der Waals surface area contributed by atoms with Gasteiger partial charge < -0.3 is 0 Å². The molecular weight excluding hydrogens is 384 g/mol. The maximum Gasteiger partial charge on any atom is 0.271 e. The van der Waals surface area contributed by atoms with E-state index >= 15 is 0 Å². The van der Waals surface area contributed by atoms with Gasteiger partial charge in [0.1, 0.15) is 0 Å². The highest BCUT2D eigenvalue weighted by Crippen LogP contribution is 2.12. The Bertz CT molecular complexity index is 1200. The number of nitrogens with one attached hydrogen (secondary N) is 1. The van der Waals surface area contributed by atoms with Crippen molar-refractivity contribution in [1.82, 2.24) is 15.2 Å². The Labute approximate surface area is 170 Å². The minimum absolute atomic E-state index is 0.198. The lowest BCUT2D eigenvalue weighted by molar-refractivity contribution is 0.0952. The molecule has 0 radical (unpaired) electrons. The number of hydrogen-bond acceptors (Lipinski definition) is 5. The summed E-state index contributed by atoms with van der Waals surface area (Å²) in [4.78, 5) is 25.5. The van der Waals surface area contributed by atoms with Gasteiger partial charge in [0.2, 0.25) is 10.6 Å². The molecule has 29 heavy (non-hydrogen) atoms. The van der Waals surface area contributed by atoms with E-state index in [9.17, 15) is 9.59 Å². The number of benzene rings is 3. The van der Waals surface area contributed by atoms with E-state index in [2.05, 4.69) is 15.6 Å². The summed E-state index contributed by atoms with van der Waals surface area (Å²) in [5.74, 6) is -0.536. The molecule has 1 amide bonds. The maximum atomic E-state index is 12.8. The fourth-order valence-corrected chi connectivity index (χ4v) is 3.48. The summed E-state index contributed by atoms with van der Waals surface area (Å²) in [6.45, 7) is 0. The molecule has 0 saturated heterocycles. The quantitative estimate of drug-likeness (QED) is 0.412. The second kappa shape index (κ2) is 8.45. The summed E-state index contributed by atoms with van der Waals surface area (Å²) < 4.78 is 1.55. The van der Waals surface area contributed by atoms with E-state index in [0.717, 1.165) is 17.0 Å². The molecule has 1 N–H and O–H groups in total. The van der Waals surface area contributed by atoms with Crippen LogP contribution in [0.5, 0.6) is 0 Å². The van der Waals surface area contributed by atoms with Gasteiger partial charge in [-0.2, -0.15) is 5.10 Å². The lowest BCUT2D eigenvalue weighted by atomic mass is 10.1. The lowest BCUT2D eigenvalue weighted by Crippen LogP contribution is -2.24. The first-order chi connectivity index (χ1) is 14.2. The number of carbonyl (C=O) groups excluding carboxylic acids is 2. The summed E-state index contributed by atoms with van der Waals surface area (Å²) in [6.07, 6.45) is 0. The van der Waals surface area contributed by atoms with Gasteiger partial charge in [-0.25, -0.2) is 10.1 Å². The van der Waals surface area contributed by atoms with E-state index in [1.807, 2.05) is 42.5 Å². The van der Waals surface area contributed by atoms with Gasteiger partial charge in [0.05, 0.1) is 5.69 Å². The van der Waals surface area contributed by atoms with Crippen LogP contribution < -0.4 is 10.2 Å². The van der Waals surface area contributed by atoms with Crippen LogP contribution in [0.15, 0.2) is 96.1 Å². The van der Waals surface area contributed by atoms with Crippen molar-refractivity contribution in [2.75, 3.05) is 0 Å². The molecule has 7 heteroatoms. The molecule has 6 nitrogen and oxygen atoms in total. The first-order valence-electron chi connectivity index (χ1n) is 8.87. The zero-order chi connectivity index (χ0) is 20.1. The third kappa shape index (κ3) is 4.20. The van der Waals surface area contributed by atoms with Crippen LogP contribution in [0.3, 0.4) is 0 Å². The van der Waals surface area contributed by atoms with Gasteiger partial charge in [-0.05, 0) is 24.3 Å². The maximum absolute atomic E-state index is 12.8. The molecule has 3 aromatic carbocycles. The zero-order valence-electron chi connectivity index (χ0n) is 15.2. The number of rotatable bonds is 5. The molecule has 1 heterocycles. The zero-order valence-corrected chi connectivity index (χ0v) is 16.0. The first kappa shape index (κ1) is 18.5. The number of para-hydroxylation sites is 1. The highest BCUT2D eigenvalue weighted by atomic mass is 32.1. The minimum atomic E-state index is -0.338. The Morgan fingerprint density at radius 1 is 0.793 bits per heavy atom. The van der Waals surface area contributed by atoms with Crippen molar-refractivity contribution in [2.24, 2.45) is 5.10 Å². The molecule has 0 aliphatic carbocycles. The summed E-state index contributed by atoms with van der Waals surface area (Å²) in [7, 11) is 0. The van der Waals surface area contributed by atoms with Crippen molar-refractivity contribution >= 4 is 23.0 Å². The summed E-state index contributed by atoms with van der Waals surface area (Å²) in [5, 5.41) is 8.96. The molecule has 4 rings (SSSR count). The third-order valence-electron chi connectivity index (χ3n) is 4.08. The second-order valence-electron chi connectivity index (χ2n) is 6.05. The number of hydrogen-bond donors (Lipinski definition) is 1. The molecule has 0 bridgehead atoms. The molecule has 0 saturated carbocycles. The van der Waals surface area contributed by atoms with E-state index in [1.54, 1.807) is 53.2 Å². The number of carbonyl (C=O) groups is 2. The van der Waals surface area contributed by atoms with Crippen molar-refractivity contribution in [1.29, 1.82) is 0 Å². The molecular formula is C22H16N4O2S. The van der Waals surface area contributed by atoms with E-state index in [1.165, 1.54) is 0 Å². The Morgan fingerprint density at radius 2 is 1.34 bits per heavy atom. The monoisotopic (exact) mass is 400 g/mol. The normalized spacial score (nSPS) is 11.2. The average molecular weight is 400 g/mol. The van der Waals surface area contributed by atoms with E-state index < -0.39 is 0 Å². The van der Waals surface area contributed by atoms with Crippen molar-refractivity contribution in [3.05, 3.63) is 112 Å². The molecule has 1 aromatic heterocycles. The van der Waals surface area contributed by atoms with E-state index in [4.69, 9.17) is 0 Å². The number of ketones is 1. The van der Waals surface area contributed by atoms with Crippen LogP contribution in [0.4, 0.5) is 0 Å². The SMILES string of the molecule is O=C(N/N=c1\sc(C(=O)c2ccccc2)nn1-c1ccccc1)c1ccccc1. The molecule has 0 atom stereocenters. The smallest absolute Gasteiger partial charge is 0.271 e. The number of aromatic nitrogens is 2. The van der Waals surface area contributed by atoms with Gasteiger partial charge in [-0.3, -0.25) is 9.59 Å². The fraction of sp³-hybridized carbons (Fsp3) is 0. The molecule has 0 aliphatic heterocycles. The summed E-state index contributed by atoms with van der Waals surface area (Å²) in [5.41, 5.74) is 4.32. The fourth-order valence-electron chi connectivity index (χ4n) is 2.65. The highest BCUT2D eigenvalue weighted by molar-refractivity contribution is 7.11. The topological polar surface area (TPSA) is 76.3 Å². The predicted octanol–water partition coefficient (Wildman–Crippen LogP) is 3.41. The van der Waals surface area contributed by atoms with Crippen molar-refractivity contribution < 1.29 is 9.59 Å². The molecule has 0 fully saturated rings. The van der Waals surface area contributed by atoms with Gasteiger partial charge in [0, 0.05) is 11.1 Å². The van der Waals surface area contributed by atoms with Gasteiger partial charge >= 0.3 is 0 Å². The van der Waals surface area contributed by atoms with E-state index in [0.29, 0.717) is 15.9 Å². The molecule has 142 valence electrons. The predicted molar refractivity (Wildman–Crippen MR) is 111 cm³/mol. The Balaban J connectivity index is 1.72. The largest absolute Gasteiger partial charge is 0.286 e. The van der Waals surface area contributed by atoms with Crippen molar-refractivity contribution in [3.8, 4) is 5.69 Å². The number of nitrogens with zero attached hydrogens (tertiary/aromatic N) is 3. The van der Waals surface area contributed by atoms with Crippen molar-refractivity contribution in [3.63, 3.8) is 0 Å². The van der Waals surface area contributed by atoms with Gasteiger partial charge in [-0.15, -0.1) is 5.10 Å². The van der Waals surface area contributed by atoms with Crippen LogP contribution in [0.25, 0.3) is 5.69 Å². The Morgan fingerprint density at radius 3 is 1.97 bits per heavy atom. The Kier molecular flexibility index (Phi) is 5.40. The van der Waals surface area contributed by atoms with Gasteiger partial charge in [0.15, 0.2) is 5.01 Å². The van der Waals surface area contributed by atoms with Crippen molar-refractivity contribution in [2.45, 2.75) is 0 Å². The van der Waals surface area contributed by atoms with Crippen LogP contribution in [0.2, 0.25) is 0 Å². The van der Waals surface area contributed by atoms with Crippen LogP contribution >= 0.6 is 11.3 Å². The van der Waals surface area contributed by atoms with Crippen LogP contribution in [-0.2, 0) is 0 Å². The Hall–Kier alpha value is -3.84. The third-order valence-corrected chi connectivity index (χ3v) is 4.99. The minimum Gasteiger partial charge on any atom is -0.286 e. The van der Waals surface area contributed by atoms with E-state index in [-0.39, 0.29) is 16.7 Å². The second-order valence-corrected chi connectivity index (χ2v) is 7.01. The van der Waals surface area contributed by atoms with Crippen LogP contribution in [0, 0.1) is 0 Å². The standard InChI is InChI=1S/C22H16N4O2S/c27-19(16-10-4-1-5-11-16)21-25-26(18-14-8-3-9-15-18)22(29-21)24-23-20(28)17-12-6-2-7-13-17/h1-15H,(H,23,28)/b24-22-. The lowest BCUT2D eigenvalue weighted by Gasteiger charge is -2.01. The summed E-state index contributed by atoms with van der Waals surface area (Å²) in [6, 6.07) is 27.1. The molecule has 0 aliphatic rings. The highest BCUT2D eigenvalue weighted by Gasteiger charge is 2.16. The van der Waals surface area contributed by atoms with Gasteiger partial charge in [-0.1, -0.05) is 78.1 Å². The van der Waals surface area contributed by atoms with Gasteiger partial charge in [0.25, 0.3) is 5.91 Å². The van der Waals surface area contributed by atoms with Crippen LogP contribution in [-0.4, -0.2) is 21.5 Å². The number of amides is 1. The summed E-state index contributed by atoms with van der Waals surface area (Å²) >= 11 is 1.12. The molecule has 0 unspecified atom stereocenters. The first-order valence-corrected chi connectivity index (χ1v) is 9.68. The molecule has 0 spiro atoms. The average Bonchev–Trinajstić information content (AvgIpc) is 3.23.